The maximum absolute atomic E-state index is 6.03. The Kier molecular flexibility index (Phi) is 3.81. The second-order valence-electron chi connectivity index (χ2n) is 3.86. The van der Waals surface area contributed by atoms with Gasteiger partial charge in [-0.25, -0.2) is 4.98 Å². The van der Waals surface area contributed by atoms with Crippen molar-refractivity contribution in [1.82, 2.24) is 25.6 Å². The maximum atomic E-state index is 6.03. The summed E-state index contributed by atoms with van der Waals surface area (Å²) in [4.78, 5) is 5.02. The standard InChI is InChI=1S/C11H8Cl2N6S/c12-6-1-2-8(10-16-18-19-17-10)9(3-6)14-4-7-5-15-11(13)20-7/h1-3,5,14H,4H2,(H,16,17,18,19). The minimum Gasteiger partial charge on any atom is -0.379 e. The minimum absolute atomic E-state index is 0.506. The number of aromatic nitrogens is 5. The van der Waals surface area contributed by atoms with Gasteiger partial charge in [-0.3, -0.25) is 0 Å². The van der Waals surface area contributed by atoms with Gasteiger partial charge < -0.3 is 5.32 Å². The number of nitrogens with zero attached hydrogens (tertiary/aromatic N) is 4. The lowest BCUT2D eigenvalue weighted by Crippen LogP contribution is -2.00. The molecule has 0 bridgehead atoms. The third kappa shape index (κ3) is 2.90. The molecule has 0 saturated carbocycles. The number of benzene rings is 1. The number of hydrogen-bond acceptors (Lipinski definition) is 6. The number of rotatable bonds is 4. The molecule has 0 radical (unpaired) electrons. The first kappa shape index (κ1) is 13.3. The molecule has 102 valence electrons. The smallest absolute Gasteiger partial charge is 0.206 e. The Morgan fingerprint density at radius 3 is 2.90 bits per heavy atom. The highest BCUT2D eigenvalue weighted by Crippen LogP contribution is 2.29. The zero-order valence-corrected chi connectivity index (χ0v) is 12.3. The van der Waals surface area contributed by atoms with E-state index in [9.17, 15) is 0 Å². The molecule has 0 aliphatic rings. The molecule has 0 atom stereocenters. The van der Waals surface area contributed by atoms with E-state index in [4.69, 9.17) is 23.2 Å². The van der Waals surface area contributed by atoms with Crippen LogP contribution < -0.4 is 5.32 Å². The van der Waals surface area contributed by atoms with Gasteiger partial charge in [-0.1, -0.05) is 23.2 Å². The van der Waals surface area contributed by atoms with Gasteiger partial charge in [0.25, 0.3) is 0 Å². The highest BCUT2D eigenvalue weighted by molar-refractivity contribution is 7.15. The van der Waals surface area contributed by atoms with Crippen molar-refractivity contribution in [3.8, 4) is 11.4 Å². The van der Waals surface area contributed by atoms with Crippen molar-refractivity contribution in [3.63, 3.8) is 0 Å². The molecule has 0 spiro atoms. The Bertz CT molecular complexity index is 712. The summed E-state index contributed by atoms with van der Waals surface area (Å²) in [5.41, 5.74) is 1.64. The number of nitrogens with one attached hydrogen (secondary N) is 2. The second-order valence-corrected chi connectivity index (χ2v) is 5.99. The van der Waals surface area contributed by atoms with Crippen LogP contribution in [0.3, 0.4) is 0 Å². The summed E-state index contributed by atoms with van der Waals surface area (Å²) < 4.78 is 0.520. The van der Waals surface area contributed by atoms with Crippen molar-refractivity contribution in [2.75, 3.05) is 5.32 Å². The average Bonchev–Trinajstić information content (AvgIpc) is 3.08. The van der Waals surface area contributed by atoms with E-state index >= 15 is 0 Å². The highest BCUT2D eigenvalue weighted by atomic mass is 35.5. The molecule has 6 nitrogen and oxygen atoms in total. The summed E-state index contributed by atoms with van der Waals surface area (Å²) in [6.45, 7) is 0.593. The molecule has 0 aliphatic carbocycles. The topological polar surface area (TPSA) is 79.4 Å². The molecule has 0 aliphatic heterocycles. The van der Waals surface area contributed by atoms with Gasteiger partial charge in [-0.15, -0.1) is 21.5 Å². The van der Waals surface area contributed by atoms with Crippen molar-refractivity contribution >= 4 is 40.2 Å². The lowest BCUT2D eigenvalue weighted by molar-refractivity contribution is 0.881. The van der Waals surface area contributed by atoms with E-state index in [0.717, 1.165) is 16.1 Å². The Hall–Kier alpha value is -1.70. The largest absolute Gasteiger partial charge is 0.379 e. The molecule has 2 N–H and O–H groups in total. The first-order valence-electron chi connectivity index (χ1n) is 5.60. The predicted molar refractivity (Wildman–Crippen MR) is 79.1 cm³/mol. The summed E-state index contributed by atoms with van der Waals surface area (Å²) in [7, 11) is 0. The van der Waals surface area contributed by atoms with E-state index in [0.29, 0.717) is 21.9 Å². The van der Waals surface area contributed by atoms with Crippen LogP contribution in [0.5, 0.6) is 0 Å². The van der Waals surface area contributed by atoms with Gasteiger partial charge in [-0.2, -0.15) is 5.21 Å². The number of thiazole rings is 1. The van der Waals surface area contributed by atoms with Gasteiger partial charge in [0.1, 0.15) is 0 Å². The van der Waals surface area contributed by atoms with E-state index in [2.05, 4.69) is 30.9 Å². The van der Waals surface area contributed by atoms with Crippen molar-refractivity contribution in [1.29, 1.82) is 0 Å². The summed E-state index contributed by atoms with van der Waals surface area (Å²) in [6.07, 6.45) is 1.73. The first-order valence-corrected chi connectivity index (χ1v) is 7.17. The summed E-state index contributed by atoms with van der Waals surface area (Å²) in [5.74, 6) is 0.506. The van der Waals surface area contributed by atoms with Crippen molar-refractivity contribution < 1.29 is 0 Å². The van der Waals surface area contributed by atoms with Crippen molar-refractivity contribution in [2.45, 2.75) is 6.54 Å². The van der Waals surface area contributed by atoms with E-state index < -0.39 is 0 Å². The van der Waals surface area contributed by atoms with E-state index in [1.807, 2.05) is 12.1 Å². The maximum Gasteiger partial charge on any atom is 0.206 e. The van der Waals surface area contributed by atoms with Crippen molar-refractivity contribution in [2.24, 2.45) is 0 Å². The number of hydrogen-bond donors (Lipinski definition) is 2. The molecule has 9 heteroatoms. The van der Waals surface area contributed by atoms with Gasteiger partial charge in [0.15, 0.2) is 4.47 Å². The average molecular weight is 327 g/mol. The molecule has 3 aromatic rings. The third-order valence-corrected chi connectivity index (χ3v) is 3.90. The fourth-order valence-electron chi connectivity index (χ4n) is 1.68. The Morgan fingerprint density at radius 1 is 1.30 bits per heavy atom. The summed E-state index contributed by atoms with van der Waals surface area (Å²) >= 11 is 13.3. The normalized spacial score (nSPS) is 10.7. The van der Waals surface area contributed by atoms with Crippen LogP contribution in [-0.2, 0) is 6.54 Å². The second kappa shape index (κ2) is 5.74. The van der Waals surface area contributed by atoms with Gasteiger partial charge in [0, 0.05) is 27.3 Å². The van der Waals surface area contributed by atoms with Crippen LogP contribution in [0, 0.1) is 0 Å². The quantitative estimate of drug-likeness (QED) is 0.769. The lowest BCUT2D eigenvalue weighted by atomic mass is 10.1. The van der Waals surface area contributed by atoms with E-state index in [1.165, 1.54) is 11.3 Å². The molecule has 3 rings (SSSR count). The monoisotopic (exact) mass is 326 g/mol. The molecular weight excluding hydrogens is 319 g/mol. The number of tetrazole rings is 1. The van der Waals surface area contributed by atoms with E-state index in [-0.39, 0.29) is 0 Å². The van der Waals surface area contributed by atoms with Gasteiger partial charge in [0.05, 0.1) is 6.54 Å². The molecule has 2 heterocycles. The Balaban J connectivity index is 1.86. The zero-order valence-electron chi connectivity index (χ0n) is 9.97. The highest BCUT2D eigenvalue weighted by Gasteiger charge is 2.10. The van der Waals surface area contributed by atoms with Crippen LogP contribution >= 0.6 is 34.5 Å². The van der Waals surface area contributed by atoms with Crippen LogP contribution in [-0.4, -0.2) is 25.6 Å². The van der Waals surface area contributed by atoms with E-state index in [1.54, 1.807) is 12.3 Å². The predicted octanol–water partition coefficient (Wildman–Crippen LogP) is 3.24. The molecular formula is C11H8Cl2N6S. The number of H-pyrrole nitrogens is 1. The molecule has 0 saturated heterocycles. The lowest BCUT2D eigenvalue weighted by Gasteiger charge is -2.09. The first-order chi connectivity index (χ1) is 9.72. The summed E-state index contributed by atoms with van der Waals surface area (Å²) in [5, 5.41) is 17.8. The molecule has 20 heavy (non-hydrogen) atoms. The number of halogens is 2. The van der Waals surface area contributed by atoms with Crippen LogP contribution in [0.25, 0.3) is 11.4 Å². The van der Waals surface area contributed by atoms with Crippen LogP contribution in [0.2, 0.25) is 9.49 Å². The van der Waals surface area contributed by atoms with Gasteiger partial charge >= 0.3 is 0 Å². The Morgan fingerprint density at radius 2 is 2.20 bits per heavy atom. The molecule has 0 fully saturated rings. The number of aromatic amines is 1. The van der Waals surface area contributed by atoms with Crippen molar-refractivity contribution in [3.05, 3.63) is 38.8 Å². The molecule has 2 aromatic heterocycles. The minimum atomic E-state index is 0.506. The number of anilines is 1. The van der Waals surface area contributed by atoms with Crippen LogP contribution in [0.1, 0.15) is 4.88 Å². The molecule has 0 amide bonds. The zero-order chi connectivity index (χ0) is 13.9. The summed E-state index contributed by atoms with van der Waals surface area (Å²) in [6, 6.07) is 5.44. The third-order valence-electron chi connectivity index (χ3n) is 2.55. The van der Waals surface area contributed by atoms with Gasteiger partial charge in [-0.05, 0) is 23.4 Å². The van der Waals surface area contributed by atoms with Crippen LogP contribution in [0.4, 0.5) is 5.69 Å². The molecule has 0 unspecified atom stereocenters. The van der Waals surface area contributed by atoms with Crippen LogP contribution in [0.15, 0.2) is 24.4 Å². The van der Waals surface area contributed by atoms with Gasteiger partial charge in [0.2, 0.25) is 5.82 Å². The Labute approximate surface area is 128 Å². The molecule has 1 aromatic carbocycles. The fraction of sp³-hybridized carbons (Fsp3) is 0.0909. The SMILES string of the molecule is Clc1ccc(-c2nn[nH]n2)c(NCc2cnc(Cl)s2)c1. The fourth-order valence-corrected chi connectivity index (χ4v) is 2.77.